The van der Waals surface area contributed by atoms with Gasteiger partial charge in [0.1, 0.15) is 17.9 Å². The van der Waals surface area contributed by atoms with Gasteiger partial charge in [0.05, 0.1) is 24.7 Å². The van der Waals surface area contributed by atoms with Gasteiger partial charge in [0.15, 0.2) is 5.82 Å². The number of likely N-dealkylation sites (N-methyl/N-ethyl adjacent to an activating group) is 1. The molecule has 11 nitrogen and oxygen atoms in total. The molecule has 13 heteroatoms. The summed E-state index contributed by atoms with van der Waals surface area (Å²) in [6, 6.07) is 13.3. The fourth-order valence-electron chi connectivity index (χ4n) is 5.89. The number of rotatable bonds is 11. The Bertz CT molecular complexity index is 1600. The standard InChI is InChI=1S/C33H44ClN8O3P/c1-23(22-41-14-12-25(13-15-41)42-18-16-40(2)17-19-42)32(43)36-24-10-11-29(45-3)28(20-24)38-33-35-21-26(34)31(39-33)37-27-8-6-7-9-30(27)46(4,5)44/h6-11,20-21,25H,1,12-19,22H2,2-5H3,(H,36,43)(H2,35,37,38,39). The third-order valence-corrected chi connectivity index (χ3v) is 10.4. The van der Waals surface area contributed by atoms with E-state index >= 15 is 0 Å². The number of piperidine rings is 1. The third-order valence-electron chi connectivity index (χ3n) is 8.53. The van der Waals surface area contributed by atoms with E-state index in [1.165, 1.54) is 6.20 Å². The van der Waals surface area contributed by atoms with Gasteiger partial charge >= 0.3 is 0 Å². The lowest BCUT2D eigenvalue weighted by molar-refractivity contribution is -0.113. The molecule has 1 amide bonds. The minimum absolute atomic E-state index is 0.227. The molecular formula is C33H44ClN8O3P. The second-order valence-electron chi connectivity index (χ2n) is 12.3. The van der Waals surface area contributed by atoms with Gasteiger partial charge in [-0.1, -0.05) is 30.3 Å². The first-order valence-electron chi connectivity index (χ1n) is 15.5. The topological polar surface area (TPSA) is 115 Å². The Kier molecular flexibility index (Phi) is 11.0. The van der Waals surface area contributed by atoms with Crippen molar-refractivity contribution < 1.29 is 14.1 Å². The Morgan fingerprint density at radius 2 is 1.76 bits per heavy atom. The van der Waals surface area contributed by atoms with Crippen LogP contribution in [0.15, 0.2) is 60.8 Å². The average molecular weight is 667 g/mol. The van der Waals surface area contributed by atoms with Crippen molar-refractivity contribution in [3.8, 4) is 5.75 Å². The van der Waals surface area contributed by atoms with Gasteiger partial charge in [0.2, 0.25) is 5.95 Å². The number of hydrogen-bond donors (Lipinski definition) is 3. The smallest absolute Gasteiger partial charge is 0.252 e. The average Bonchev–Trinajstić information content (AvgIpc) is 3.03. The number of amides is 1. The zero-order chi connectivity index (χ0) is 32.8. The van der Waals surface area contributed by atoms with Crippen LogP contribution in [0.25, 0.3) is 0 Å². The molecule has 2 aromatic carbocycles. The van der Waals surface area contributed by atoms with Crippen molar-refractivity contribution in [1.82, 2.24) is 24.7 Å². The van der Waals surface area contributed by atoms with Gasteiger partial charge in [-0.2, -0.15) is 4.98 Å². The molecule has 3 heterocycles. The summed E-state index contributed by atoms with van der Waals surface area (Å²) in [5, 5.41) is 10.4. The Balaban J connectivity index is 1.20. The van der Waals surface area contributed by atoms with Crippen LogP contribution >= 0.6 is 18.7 Å². The van der Waals surface area contributed by atoms with E-state index < -0.39 is 7.14 Å². The monoisotopic (exact) mass is 666 g/mol. The summed E-state index contributed by atoms with van der Waals surface area (Å²) in [6.07, 6.45) is 3.71. The largest absolute Gasteiger partial charge is 0.495 e. The number of carbonyl (C=O) groups is 1. The van der Waals surface area contributed by atoms with Gasteiger partial charge in [-0.05, 0) is 76.6 Å². The Hall–Kier alpha value is -3.47. The second-order valence-corrected chi connectivity index (χ2v) is 15.9. The van der Waals surface area contributed by atoms with Gasteiger partial charge in [-0.3, -0.25) is 14.6 Å². The molecule has 0 atom stereocenters. The number of aromatic nitrogens is 2. The molecule has 2 aliphatic heterocycles. The van der Waals surface area contributed by atoms with Gasteiger partial charge in [-0.25, -0.2) is 4.98 Å². The van der Waals surface area contributed by atoms with E-state index in [4.69, 9.17) is 16.3 Å². The van der Waals surface area contributed by atoms with Crippen LogP contribution in [0.5, 0.6) is 5.75 Å². The summed E-state index contributed by atoms with van der Waals surface area (Å²) >= 11 is 6.43. The quantitative estimate of drug-likeness (QED) is 0.189. The SMILES string of the molecule is C=C(CN1CCC(N2CCN(C)CC2)CC1)C(=O)Nc1ccc(OC)c(Nc2ncc(Cl)c(Nc3ccccc3P(C)(C)=O)n2)c1. The molecule has 0 aliphatic carbocycles. The molecule has 2 fully saturated rings. The van der Waals surface area contributed by atoms with E-state index in [9.17, 15) is 9.36 Å². The van der Waals surface area contributed by atoms with Crippen molar-refractivity contribution in [2.45, 2.75) is 18.9 Å². The first-order chi connectivity index (χ1) is 22.0. The maximum absolute atomic E-state index is 13.1. The molecular weight excluding hydrogens is 623 g/mol. The van der Waals surface area contributed by atoms with Crippen molar-refractivity contribution in [1.29, 1.82) is 0 Å². The summed E-state index contributed by atoms with van der Waals surface area (Å²) in [5.74, 6) is 0.921. The molecule has 1 aromatic heterocycles. The molecule has 3 aromatic rings. The van der Waals surface area contributed by atoms with Crippen molar-refractivity contribution in [3.05, 3.63) is 65.8 Å². The van der Waals surface area contributed by atoms with Crippen molar-refractivity contribution >= 4 is 58.8 Å². The van der Waals surface area contributed by atoms with E-state index in [2.05, 4.69) is 54.2 Å². The molecule has 0 bridgehead atoms. The van der Waals surface area contributed by atoms with Crippen LogP contribution in [0.4, 0.5) is 28.8 Å². The number of halogens is 1. The summed E-state index contributed by atoms with van der Waals surface area (Å²) in [6.45, 7) is 14.5. The highest BCUT2D eigenvalue weighted by atomic mass is 35.5. The highest BCUT2D eigenvalue weighted by Gasteiger charge is 2.27. The van der Waals surface area contributed by atoms with Crippen molar-refractivity contribution in [2.75, 3.05) is 89.3 Å². The van der Waals surface area contributed by atoms with E-state index in [0.29, 0.717) is 57.1 Å². The summed E-state index contributed by atoms with van der Waals surface area (Å²) in [7, 11) is 1.19. The van der Waals surface area contributed by atoms with E-state index in [-0.39, 0.29) is 11.9 Å². The number of nitrogens with zero attached hydrogens (tertiary/aromatic N) is 5. The van der Waals surface area contributed by atoms with E-state index in [0.717, 1.165) is 52.1 Å². The van der Waals surface area contributed by atoms with Crippen LogP contribution in [0.3, 0.4) is 0 Å². The summed E-state index contributed by atoms with van der Waals surface area (Å²) in [5.41, 5.74) is 2.30. The normalized spacial score (nSPS) is 17.0. The van der Waals surface area contributed by atoms with E-state index in [1.807, 2.05) is 24.3 Å². The predicted molar refractivity (Wildman–Crippen MR) is 188 cm³/mol. The zero-order valence-electron chi connectivity index (χ0n) is 27.1. The molecule has 0 unspecified atom stereocenters. The minimum atomic E-state index is -2.56. The van der Waals surface area contributed by atoms with Gasteiger partial charge in [0.25, 0.3) is 5.91 Å². The van der Waals surface area contributed by atoms with Crippen LogP contribution in [0.2, 0.25) is 5.02 Å². The number of ether oxygens (including phenoxy) is 1. The Morgan fingerprint density at radius 3 is 2.46 bits per heavy atom. The maximum atomic E-state index is 13.1. The third kappa shape index (κ3) is 8.66. The molecule has 0 saturated carbocycles. The zero-order valence-corrected chi connectivity index (χ0v) is 28.7. The minimum Gasteiger partial charge on any atom is -0.495 e. The Morgan fingerprint density at radius 1 is 1.04 bits per heavy atom. The maximum Gasteiger partial charge on any atom is 0.252 e. The first-order valence-corrected chi connectivity index (χ1v) is 18.5. The van der Waals surface area contributed by atoms with Gasteiger partial charge < -0.3 is 30.2 Å². The number of carbonyl (C=O) groups excluding carboxylic acids is 1. The van der Waals surface area contributed by atoms with Crippen LogP contribution < -0.4 is 26.0 Å². The van der Waals surface area contributed by atoms with Crippen LogP contribution in [0, 0.1) is 0 Å². The molecule has 5 rings (SSSR count). The lowest BCUT2D eigenvalue weighted by Gasteiger charge is -2.42. The lowest BCUT2D eigenvalue weighted by atomic mass is 10.0. The van der Waals surface area contributed by atoms with E-state index in [1.54, 1.807) is 38.6 Å². The number of piperazine rings is 1. The number of anilines is 5. The lowest BCUT2D eigenvalue weighted by Crippen LogP contribution is -2.52. The number of methoxy groups -OCH3 is 1. The highest BCUT2D eigenvalue weighted by molar-refractivity contribution is 7.70. The van der Waals surface area contributed by atoms with Crippen molar-refractivity contribution in [2.24, 2.45) is 0 Å². The van der Waals surface area contributed by atoms with Crippen LogP contribution in [-0.4, -0.2) is 110 Å². The number of para-hydroxylation sites is 1. The van der Waals surface area contributed by atoms with Crippen LogP contribution in [0.1, 0.15) is 12.8 Å². The number of likely N-dealkylation sites (tertiary alicyclic amines) is 1. The number of hydrogen-bond acceptors (Lipinski definition) is 10. The summed E-state index contributed by atoms with van der Waals surface area (Å²) < 4.78 is 18.4. The fraction of sp³-hybridized carbons (Fsp3) is 0.424. The summed E-state index contributed by atoms with van der Waals surface area (Å²) in [4.78, 5) is 29.3. The second kappa shape index (κ2) is 15.0. The molecule has 0 spiro atoms. The molecule has 3 N–H and O–H groups in total. The Labute approximate surface area is 276 Å². The van der Waals surface area contributed by atoms with Crippen molar-refractivity contribution in [3.63, 3.8) is 0 Å². The predicted octanol–water partition coefficient (Wildman–Crippen LogP) is 5.08. The molecule has 2 aliphatic rings. The number of nitrogens with one attached hydrogen (secondary N) is 3. The fourth-order valence-corrected chi connectivity index (χ4v) is 7.18. The number of benzene rings is 2. The molecule has 2 saturated heterocycles. The highest BCUT2D eigenvalue weighted by Crippen LogP contribution is 2.39. The van der Waals surface area contributed by atoms with Gasteiger partial charge in [0, 0.05) is 55.3 Å². The molecule has 246 valence electrons. The molecule has 46 heavy (non-hydrogen) atoms. The first kappa shape index (κ1) is 33.9. The van der Waals surface area contributed by atoms with Gasteiger partial charge in [-0.15, -0.1) is 0 Å². The van der Waals surface area contributed by atoms with Crippen LogP contribution in [-0.2, 0) is 9.36 Å². The molecule has 0 radical (unpaired) electrons.